The molecule has 0 spiro atoms. The van der Waals surface area contributed by atoms with Gasteiger partial charge in [-0.3, -0.25) is 4.79 Å². The van der Waals surface area contributed by atoms with E-state index < -0.39 is 0 Å². The number of carbonyl (C=O) groups excluding carboxylic acids is 1. The van der Waals surface area contributed by atoms with Crippen LogP contribution in [0.2, 0.25) is 5.02 Å². The predicted molar refractivity (Wildman–Crippen MR) is 88.1 cm³/mol. The van der Waals surface area contributed by atoms with Gasteiger partial charge in [0.05, 0.1) is 29.3 Å². The van der Waals surface area contributed by atoms with E-state index >= 15 is 0 Å². The van der Waals surface area contributed by atoms with Gasteiger partial charge in [-0.2, -0.15) is 5.26 Å². The van der Waals surface area contributed by atoms with Gasteiger partial charge in [0.1, 0.15) is 17.5 Å². The zero-order valence-corrected chi connectivity index (χ0v) is 13.5. The van der Waals surface area contributed by atoms with Crippen LogP contribution in [0, 0.1) is 11.3 Å². The highest BCUT2D eigenvalue weighted by atomic mass is 35.5. The predicted octanol–water partition coefficient (Wildman–Crippen LogP) is 2.51. The SMILES string of the molecule is N#Cc1ccc(O[C@@H]2COCC[C@H]2NC(=O)c2cc(Cl)c[nH]2)cc1. The van der Waals surface area contributed by atoms with Gasteiger partial charge in [0.15, 0.2) is 0 Å². The van der Waals surface area contributed by atoms with Crippen molar-refractivity contribution in [2.75, 3.05) is 13.2 Å². The Morgan fingerprint density at radius 3 is 2.88 bits per heavy atom. The maximum Gasteiger partial charge on any atom is 0.268 e. The van der Waals surface area contributed by atoms with Gasteiger partial charge in [-0.1, -0.05) is 11.6 Å². The second-order valence-corrected chi connectivity index (χ2v) is 5.90. The molecule has 24 heavy (non-hydrogen) atoms. The minimum absolute atomic E-state index is 0.177. The Balaban J connectivity index is 1.66. The Hall–Kier alpha value is -2.49. The molecule has 1 amide bonds. The molecule has 1 aliphatic heterocycles. The second-order valence-electron chi connectivity index (χ2n) is 5.47. The molecule has 2 N–H and O–H groups in total. The van der Waals surface area contributed by atoms with E-state index in [0.29, 0.717) is 41.7 Å². The number of nitrogens with one attached hydrogen (secondary N) is 2. The van der Waals surface area contributed by atoms with E-state index in [1.165, 1.54) is 0 Å². The first-order valence-electron chi connectivity index (χ1n) is 7.55. The summed E-state index contributed by atoms with van der Waals surface area (Å²) < 4.78 is 11.4. The van der Waals surface area contributed by atoms with Crippen molar-refractivity contribution < 1.29 is 14.3 Å². The van der Waals surface area contributed by atoms with Crippen molar-refractivity contribution >= 4 is 17.5 Å². The average molecular weight is 346 g/mol. The number of hydrogen-bond donors (Lipinski definition) is 2. The molecular formula is C17H16ClN3O3. The fraction of sp³-hybridized carbons (Fsp3) is 0.294. The van der Waals surface area contributed by atoms with Crippen LogP contribution < -0.4 is 10.1 Å². The van der Waals surface area contributed by atoms with Crippen molar-refractivity contribution in [3.05, 3.63) is 52.8 Å². The van der Waals surface area contributed by atoms with Crippen LogP contribution >= 0.6 is 11.6 Å². The number of nitrogens with zero attached hydrogens (tertiary/aromatic N) is 1. The van der Waals surface area contributed by atoms with Gasteiger partial charge in [-0.15, -0.1) is 0 Å². The molecule has 1 saturated heterocycles. The summed E-state index contributed by atoms with van der Waals surface area (Å²) in [6.45, 7) is 0.945. The lowest BCUT2D eigenvalue weighted by molar-refractivity contribution is -0.0135. The van der Waals surface area contributed by atoms with E-state index in [0.717, 1.165) is 0 Å². The van der Waals surface area contributed by atoms with Crippen LogP contribution in [0.5, 0.6) is 5.75 Å². The van der Waals surface area contributed by atoms with Crippen LogP contribution in [0.1, 0.15) is 22.5 Å². The third kappa shape index (κ3) is 3.88. The minimum atomic E-state index is -0.305. The summed E-state index contributed by atoms with van der Waals surface area (Å²) in [5.41, 5.74) is 0.972. The molecule has 0 bridgehead atoms. The molecule has 2 heterocycles. The second kappa shape index (κ2) is 7.39. The Kier molecular flexibility index (Phi) is 5.04. The van der Waals surface area contributed by atoms with Crippen molar-refractivity contribution in [1.29, 1.82) is 5.26 Å². The van der Waals surface area contributed by atoms with Crippen LogP contribution in [0.15, 0.2) is 36.5 Å². The Morgan fingerprint density at radius 2 is 2.21 bits per heavy atom. The molecule has 6 nitrogen and oxygen atoms in total. The summed E-state index contributed by atoms with van der Waals surface area (Å²) in [6.07, 6.45) is 1.91. The topological polar surface area (TPSA) is 87.1 Å². The molecule has 124 valence electrons. The lowest BCUT2D eigenvalue weighted by atomic mass is 10.1. The minimum Gasteiger partial charge on any atom is -0.486 e. The van der Waals surface area contributed by atoms with E-state index in [2.05, 4.69) is 16.4 Å². The zero-order chi connectivity index (χ0) is 16.9. The molecule has 0 radical (unpaired) electrons. The number of amides is 1. The molecule has 1 aromatic carbocycles. The summed E-state index contributed by atoms with van der Waals surface area (Å²) >= 11 is 5.83. The number of nitriles is 1. The van der Waals surface area contributed by atoms with Crippen molar-refractivity contribution in [2.45, 2.75) is 18.6 Å². The van der Waals surface area contributed by atoms with Crippen LogP contribution in [0.25, 0.3) is 0 Å². The molecule has 2 aromatic rings. The van der Waals surface area contributed by atoms with Gasteiger partial charge >= 0.3 is 0 Å². The van der Waals surface area contributed by atoms with E-state index in [4.69, 9.17) is 26.3 Å². The molecule has 7 heteroatoms. The standard InChI is InChI=1S/C17H16ClN3O3/c18-12-7-15(20-9-12)17(22)21-14-5-6-23-10-16(14)24-13-3-1-11(8-19)2-4-13/h1-4,7,9,14,16,20H,5-6,10H2,(H,21,22)/t14-,16-/m1/s1. The third-order valence-electron chi connectivity index (χ3n) is 3.78. The number of rotatable bonds is 4. The lowest BCUT2D eigenvalue weighted by Crippen LogP contribution is -2.51. The molecule has 2 atom stereocenters. The highest BCUT2D eigenvalue weighted by Crippen LogP contribution is 2.19. The molecule has 0 unspecified atom stereocenters. The summed E-state index contributed by atoms with van der Waals surface area (Å²) in [5.74, 6) is 0.397. The van der Waals surface area contributed by atoms with Crippen LogP contribution in [0.3, 0.4) is 0 Å². The Morgan fingerprint density at radius 1 is 1.42 bits per heavy atom. The van der Waals surface area contributed by atoms with E-state index in [9.17, 15) is 4.79 Å². The van der Waals surface area contributed by atoms with E-state index in [-0.39, 0.29) is 18.1 Å². The zero-order valence-electron chi connectivity index (χ0n) is 12.8. The van der Waals surface area contributed by atoms with Crippen LogP contribution in [0.4, 0.5) is 0 Å². The number of carbonyl (C=O) groups is 1. The van der Waals surface area contributed by atoms with Gasteiger partial charge in [0, 0.05) is 12.8 Å². The normalized spacial score (nSPS) is 20.2. The first-order chi connectivity index (χ1) is 11.7. The fourth-order valence-corrected chi connectivity index (χ4v) is 2.68. The molecule has 3 rings (SSSR count). The fourth-order valence-electron chi connectivity index (χ4n) is 2.52. The Labute approximate surface area is 144 Å². The first-order valence-corrected chi connectivity index (χ1v) is 7.93. The van der Waals surface area contributed by atoms with Gasteiger partial charge < -0.3 is 19.8 Å². The van der Waals surface area contributed by atoms with Gasteiger partial charge in [-0.25, -0.2) is 0 Å². The van der Waals surface area contributed by atoms with Gasteiger partial charge in [0.2, 0.25) is 0 Å². The summed E-state index contributed by atoms with van der Waals surface area (Å²) in [7, 11) is 0. The maximum atomic E-state index is 12.3. The van der Waals surface area contributed by atoms with Crippen molar-refractivity contribution in [2.24, 2.45) is 0 Å². The number of halogens is 1. The molecule has 1 fully saturated rings. The summed E-state index contributed by atoms with van der Waals surface area (Å²) in [4.78, 5) is 15.1. The highest BCUT2D eigenvalue weighted by Gasteiger charge is 2.29. The largest absolute Gasteiger partial charge is 0.486 e. The Bertz CT molecular complexity index is 751. The molecule has 0 saturated carbocycles. The highest BCUT2D eigenvalue weighted by molar-refractivity contribution is 6.30. The van der Waals surface area contributed by atoms with Gasteiger partial charge in [0.25, 0.3) is 5.91 Å². The number of ether oxygens (including phenoxy) is 2. The van der Waals surface area contributed by atoms with E-state index in [1.54, 1.807) is 36.5 Å². The summed E-state index contributed by atoms with van der Waals surface area (Å²) in [6, 6.07) is 10.3. The number of aromatic amines is 1. The van der Waals surface area contributed by atoms with Gasteiger partial charge in [-0.05, 0) is 36.8 Å². The van der Waals surface area contributed by atoms with Crippen LogP contribution in [-0.4, -0.2) is 36.3 Å². The average Bonchev–Trinajstić information content (AvgIpc) is 3.04. The van der Waals surface area contributed by atoms with Crippen molar-refractivity contribution in [3.8, 4) is 11.8 Å². The molecule has 1 aliphatic rings. The monoisotopic (exact) mass is 345 g/mol. The molecule has 0 aliphatic carbocycles. The number of hydrogen-bond acceptors (Lipinski definition) is 4. The molecule has 1 aromatic heterocycles. The maximum absolute atomic E-state index is 12.3. The van der Waals surface area contributed by atoms with Crippen molar-refractivity contribution in [1.82, 2.24) is 10.3 Å². The quantitative estimate of drug-likeness (QED) is 0.891. The smallest absolute Gasteiger partial charge is 0.268 e. The summed E-state index contributed by atoms with van der Waals surface area (Å²) in [5, 5.41) is 12.3. The van der Waals surface area contributed by atoms with Crippen molar-refractivity contribution in [3.63, 3.8) is 0 Å². The lowest BCUT2D eigenvalue weighted by Gasteiger charge is -2.32. The first kappa shape index (κ1) is 16.4. The van der Waals surface area contributed by atoms with E-state index in [1.807, 2.05) is 0 Å². The van der Waals surface area contributed by atoms with Crippen LogP contribution in [-0.2, 0) is 4.74 Å². The number of benzene rings is 1. The number of aromatic nitrogens is 1. The molecular weight excluding hydrogens is 330 g/mol. The third-order valence-corrected chi connectivity index (χ3v) is 4.00. The number of H-pyrrole nitrogens is 1.